The summed E-state index contributed by atoms with van der Waals surface area (Å²) in [7, 11) is 0. The summed E-state index contributed by atoms with van der Waals surface area (Å²) < 4.78 is 12.8. The number of carbonyl (C=O) groups excluding carboxylic acids is 1. The lowest BCUT2D eigenvalue weighted by molar-refractivity contribution is 0.154. The molecule has 116 valence electrons. The minimum atomic E-state index is -0.732. The summed E-state index contributed by atoms with van der Waals surface area (Å²) in [6, 6.07) is 5.27. The third-order valence-electron chi connectivity index (χ3n) is 3.04. The van der Waals surface area contributed by atoms with Crippen molar-refractivity contribution in [3.05, 3.63) is 47.8 Å². The van der Waals surface area contributed by atoms with E-state index in [9.17, 15) is 14.3 Å². The molecule has 0 aliphatic heterocycles. The van der Waals surface area contributed by atoms with Crippen LogP contribution >= 0.6 is 0 Å². The monoisotopic (exact) mass is 294 g/mol. The first-order valence-corrected chi connectivity index (χ1v) is 7.12. The number of aliphatic hydroxyl groups is 1. The number of aliphatic hydroxyl groups excluding tert-OH is 1. The van der Waals surface area contributed by atoms with E-state index in [0.29, 0.717) is 18.5 Å². The molecule has 5 heteroatoms. The van der Waals surface area contributed by atoms with Crippen molar-refractivity contribution in [3.8, 4) is 0 Å². The SMILES string of the molecule is C/C=C/CCNC(=O)NC(C)CC(O)c1ccc(F)cc1. The van der Waals surface area contributed by atoms with Crippen molar-refractivity contribution in [1.29, 1.82) is 0 Å². The highest BCUT2D eigenvalue weighted by molar-refractivity contribution is 5.74. The molecule has 1 aromatic carbocycles. The van der Waals surface area contributed by atoms with E-state index < -0.39 is 6.10 Å². The number of halogens is 1. The van der Waals surface area contributed by atoms with E-state index in [4.69, 9.17) is 0 Å². The van der Waals surface area contributed by atoms with Gasteiger partial charge in [0.1, 0.15) is 5.82 Å². The maximum atomic E-state index is 12.8. The second-order valence-electron chi connectivity index (χ2n) is 4.96. The molecule has 0 aliphatic rings. The molecule has 2 unspecified atom stereocenters. The average Bonchev–Trinajstić information content (AvgIpc) is 2.44. The molecule has 1 aromatic rings. The Balaban J connectivity index is 2.33. The van der Waals surface area contributed by atoms with E-state index in [2.05, 4.69) is 10.6 Å². The van der Waals surface area contributed by atoms with Gasteiger partial charge in [0, 0.05) is 12.6 Å². The topological polar surface area (TPSA) is 61.4 Å². The molecule has 0 saturated carbocycles. The Labute approximate surface area is 125 Å². The Morgan fingerprint density at radius 1 is 1.38 bits per heavy atom. The van der Waals surface area contributed by atoms with E-state index in [1.165, 1.54) is 12.1 Å². The molecule has 21 heavy (non-hydrogen) atoms. The van der Waals surface area contributed by atoms with Crippen molar-refractivity contribution in [1.82, 2.24) is 10.6 Å². The van der Waals surface area contributed by atoms with Crippen LogP contribution in [-0.4, -0.2) is 23.7 Å². The van der Waals surface area contributed by atoms with Gasteiger partial charge in [0.25, 0.3) is 0 Å². The number of carbonyl (C=O) groups is 1. The second kappa shape index (κ2) is 9.13. The molecular formula is C16H23FN2O2. The molecule has 4 nitrogen and oxygen atoms in total. The largest absolute Gasteiger partial charge is 0.388 e. The Kier molecular flexibility index (Phi) is 7.46. The Bertz CT molecular complexity index is 460. The van der Waals surface area contributed by atoms with Gasteiger partial charge in [-0.1, -0.05) is 24.3 Å². The van der Waals surface area contributed by atoms with Crippen LogP contribution in [0.3, 0.4) is 0 Å². The van der Waals surface area contributed by atoms with E-state index in [1.54, 1.807) is 12.1 Å². The van der Waals surface area contributed by atoms with Crippen LogP contribution < -0.4 is 10.6 Å². The first-order chi connectivity index (χ1) is 10.0. The maximum absolute atomic E-state index is 12.8. The fourth-order valence-electron chi connectivity index (χ4n) is 1.93. The van der Waals surface area contributed by atoms with Gasteiger partial charge >= 0.3 is 6.03 Å². The fourth-order valence-corrected chi connectivity index (χ4v) is 1.93. The first kappa shape index (κ1) is 17.2. The summed E-state index contributed by atoms with van der Waals surface area (Å²) in [5.41, 5.74) is 0.638. The number of rotatable bonds is 7. The van der Waals surface area contributed by atoms with Crippen LogP contribution in [0.5, 0.6) is 0 Å². The van der Waals surface area contributed by atoms with Gasteiger partial charge in [-0.05, 0) is 44.4 Å². The van der Waals surface area contributed by atoms with Crippen LogP contribution in [0.15, 0.2) is 36.4 Å². The Morgan fingerprint density at radius 2 is 2.05 bits per heavy atom. The van der Waals surface area contributed by atoms with E-state index in [1.807, 2.05) is 26.0 Å². The normalized spacial score (nSPS) is 13.9. The van der Waals surface area contributed by atoms with E-state index in [-0.39, 0.29) is 17.9 Å². The van der Waals surface area contributed by atoms with Crippen LogP contribution in [0.1, 0.15) is 38.4 Å². The molecule has 3 N–H and O–H groups in total. The van der Waals surface area contributed by atoms with Crippen LogP contribution in [0.4, 0.5) is 9.18 Å². The summed E-state index contributed by atoms with van der Waals surface area (Å²) >= 11 is 0. The molecular weight excluding hydrogens is 271 g/mol. The van der Waals surface area contributed by atoms with Crippen molar-refractivity contribution in [3.63, 3.8) is 0 Å². The van der Waals surface area contributed by atoms with Crippen LogP contribution in [0, 0.1) is 5.82 Å². The molecule has 0 radical (unpaired) electrons. The molecule has 1 rings (SSSR count). The van der Waals surface area contributed by atoms with Gasteiger partial charge in [-0.3, -0.25) is 0 Å². The quantitative estimate of drug-likeness (QED) is 0.535. The smallest absolute Gasteiger partial charge is 0.315 e. The van der Waals surface area contributed by atoms with Crippen molar-refractivity contribution in [2.45, 2.75) is 38.8 Å². The summed E-state index contributed by atoms with van der Waals surface area (Å²) in [5.74, 6) is -0.336. The average molecular weight is 294 g/mol. The fraction of sp³-hybridized carbons (Fsp3) is 0.438. The summed E-state index contributed by atoms with van der Waals surface area (Å²) in [6.45, 7) is 4.32. The van der Waals surface area contributed by atoms with Gasteiger partial charge in [0.15, 0.2) is 0 Å². The Hall–Kier alpha value is -1.88. The van der Waals surface area contributed by atoms with Crippen molar-refractivity contribution < 1.29 is 14.3 Å². The highest BCUT2D eigenvalue weighted by Crippen LogP contribution is 2.18. The van der Waals surface area contributed by atoms with Gasteiger partial charge in [0.2, 0.25) is 0 Å². The summed E-state index contributed by atoms with van der Waals surface area (Å²) in [6.07, 6.45) is 4.33. The van der Waals surface area contributed by atoms with Crippen molar-refractivity contribution in [2.24, 2.45) is 0 Å². The molecule has 2 amide bonds. The molecule has 0 aliphatic carbocycles. The van der Waals surface area contributed by atoms with Gasteiger partial charge in [0.05, 0.1) is 6.10 Å². The lowest BCUT2D eigenvalue weighted by Crippen LogP contribution is -2.41. The minimum Gasteiger partial charge on any atom is -0.388 e. The maximum Gasteiger partial charge on any atom is 0.315 e. The van der Waals surface area contributed by atoms with E-state index >= 15 is 0 Å². The summed E-state index contributed by atoms with van der Waals surface area (Å²) in [5, 5.41) is 15.5. The molecule has 2 atom stereocenters. The van der Waals surface area contributed by atoms with Crippen molar-refractivity contribution >= 4 is 6.03 Å². The van der Waals surface area contributed by atoms with Gasteiger partial charge in [-0.25, -0.2) is 9.18 Å². The van der Waals surface area contributed by atoms with Gasteiger partial charge in [-0.2, -0.15) is 0 Å². The highest BCUT2D eigenvalue weighted by Gasteiger charge is 2.14. The summed E-state index contributed by atoms with van der Waals surface area (Å²) in [4.78, 5) is 11.6. The second-order valence-corrected chi connectivity index (χ2v) is 4.96. The first-order valence-electron chi connectivity index (χ1n) is 7.12. The number of nitrogens with one attached hydrogen (secondary N) is 2. The van der Waals surface area contributed by atoms with Crippen LogP contribution in [-0.2, 0) is 0 Å². The molecule has 0 fully saturated rings. The third-order valence-corrected chi connectivity index (χ3v) is 3.04. The zero-order valence-corrected chi connectivity index (χ0v) is 12.5. The van der Waals surface area contributed by atoms with Gasteiger partial charge in [-0.15, -0.1) is 0 Å². The molecule has 0 aromatic heterocycles. The lowest BCUT2D eigenvalue weighted by atomic mass is 10.0. The van der Waals surface area contributed by atoms with Gasteiger partial charge < -0.3 is 15.7 Å². The predicted molar refractivity (Wildman–Crippen MR) is 81.4 cm³/mol. The van der Waals surface area contributed by atoms with Crippen LogP contribution in [0.2, 0.25) is 0 Å². The lowest BCUT2D eigenvalue weighted by Gasteiger charge is -2.18. The minimum absolute atomic E-state index is 0.188. The molecule has 0 spiro atoms. The molecule has 0 bridgehead atoms. The number of hydrogen-bond acceptors (Lipinski definition) is 2. The number of urea groups is 1. The highest BCUT2D eigenvalue weighted by atomic mass is 19.1. The number of benzene rings is 1. The van der Waals surface area contributed by atoms with E-state index in [0.717, 1.165) is 6.42 Å². The molecule has 0 saturated heterocycles. The Morgan fingerprint density at radius 3 is 2.67 bits per heavy atom. The van der Waals surface area contributed by atoms with Crippen LogP contribution in [0.25, 0.3) is 0 Å². The predicted octanol–water partition coefficient (Wildman–Crippen LogP) is 2.90. The number of amides is 2. The third kappa shape index (κ3) is 6.90. The molecule has 0 heterocycles. The zero-order valence-electron chi connectivity index (χ0n) is 12.5. The number of allylic oxidation sites excluding steroid dienone is 1. The number of hydrogen-bond donors (Lipinski definition) is 3. The van der Waals surface area contributed by atoms with Crippen molar-refractivity contribution in [2.75, 3.05) is 6.54 Å². The standard InChI is InChI=1S/C16H23FN2O2/c1-3-4-5-10-18-16(21)19-12(2)11-15(20)13-6-8-14(17)9-7-13/h3-4,6-9,12,15,20H,5,10-11H2,1-2H3,(H2,18,19,21)/b4-3+. The zero-order chi connectivity index (χ0) is 15.7.